The molecule has 27 heavy (non-hydrogen) atoms. The normalized spacial score (nSPS) is 10.7. The zero-order valence-electron chi connectivity index (χ0n) is 13.3. The molecule has 0 aliphatic carbocycles. The maximum Gasteiger partial charge on any atom is 0.0785 e. The van der Waals surface area contributed by atoms with Crippen molar-refractivity contribution in [1.82, 2.24) is 4.98 Å². The van der Waals surface area contributed by atoms with Gasteiger partial charge in [0.1, 0.15) is 0 Å². The molecule has 0 spiro atoms. The van der Waals surface area contributed by atoms with Gasteiger partial charge >= 0.3 is 0 Å². The molecule has 0 unspecified atom stereocenters. The van der Waals surface area contributed by atoms with Crippen LogP contribution in [0.3, 0.4) is 0 Å². The van der Waals surface area contributed by atoms with Crippen molar-refractivity contribution in [1.29, 1.82) is 5.26 Å². The number of benzene rings is 2. The minimum Gasteiger partial charge on any atom is -0.251 e. The van der Waals surface area contributed by atoms with Crippen molar-refractivity contribution in [3.05, 3.63) is 72.2 Å². The van der Waals surface area contributed by atoms with Crippen LogP contribution < -0.4 is 0 Å². The van der Waals surface area contributed by atoms with E-state index in [4.69, 9.17) is 69.6 Å². The first-order valence-corrected chi connectivity index (χ1v) is 9.76. The third-order valence-electron chi connectivity index (χ3n) is 3.86. The Morgan fingerprint density at radius 1 is 0.667 bits per heavy atom. The number of pyridine rings is 1. The molecule has 0 aliphatic heterocycles. The molecule has 0 saturated carbocycles. The van der Waals surface area contributed by atoms with Crippen LogP contribution in [0.2, 0.25) is 30.1 Å². The van der Waals surface area contributed by atoms with Gasteiger partial charge in [0.25, 0.3) is 0 Å². The quantitative estimate of drug-likeness (QED) is 0.356. The monoisotopic (exact) mass is 474 g/mol. The summed E-state index contributed by atoms with van der Waals surface area (Å²) < 4.78 is 0. The predicted molar refractivity (Wildman–Crippen MR) is 114 cm³/mol. The van der Waals surface area contributed by atoms with Crippen molar-refractivity contribution in [3.8, 4) is 28.5 Å². The molecule has 0 bridgehead atoms. The summed E-state index contributed by atoms with van der Waals surface area (Å²) in [5, 5.41) is 11.0. The Balaban J connectivity index is 2.19. The summed E-state index contributed by atoms with van der Waals surface area (Å²) in [6.45, 7) is 0. The number of nitrogens with zero attached hydrogens (tertiary/aromatic N) is 2. The van der Waals surface area contributed by atoms with E-state index in [1.54, 1.807) is 36.4 Å². The van der Waals surface area contributed by atoms with E-state index in [0.717, 1.165) is 0 Å². The van der Waals surface area contributed by atoms with E-state index >= 15 is 0 Å². The summed E-state index contributed by atoms with van der Waals surface area (Å²) in [7, 11) is 0. The molecule has 1 aromatic heterocycles. The second kappa shape index (κ2) is 8.45. The minimum atomic E-state index is 0.0681. The van der Waals surface area contributed by atoms with Gasteiger partial charge in [0.05, 0.1) is 54.0 Å². The van der Waals surface area contributed by atoms with E-state index in [0.29, 0.717) is 48.2 Å². The molecule has 0 N–H and O–H groups in total. The standard InChI is InChI=1S/C19H8Cl6N2/c20-12-4-1-10(16(22)18(12)24)9-3-6-14(27-15(9)7-8-26)11-2-5-13(21)19(25)17(11)23/h1-6H,7H2. The molecule has 0 atom stereocenters. The van der Waals surface area contributed by atoms with Gasteiger partial charge in [0, 0.05) is 16.7 Å². The highest BCUT2D eigenvalue weighted by Crippen LogP contribution is 2.41. The van der Waals surface area contributed by atoms with Crippen LogP contribution >= 0.6 is 69.6 Å². The Morgan fingerprint density at radius 2 is 1.19 bits per heavy atom. The van der Waals surface area contributed by atoms with Crippen LogP contribution in [-0.4, -0.2) is 4.98 Å². The maximum absolute atomic E-state index is 9.22. The Kier molecular flexibility index (Phi) is 6.43. The molecule has 0 radical (unpaired) electrons. The lowest BCUT2D eigenvalue weighted by molar-refractivity contribution is 1.12. The number of hydrogen-bond acceptors (Lipinski definition) is 2. The van der Waals surface area contributed by atoms with Crippen LogP contribution in [-0.2, 0) is 6.42 Å². The van der Waals surface area contributed by atoms with E-state index in [1.807, 2.05) is 0 Å². The van der Waals surface area contributed by atoms with Crippen molar-refractivity contribution >= 4 is 69.6 Å². The molecule has 3 aromatic rings. The highest BCUT2D eigenvalue weighted by Gasteiger charge is 2.17. The summed E-state index contributed by atoms with van der Waals surface area (Å²) in [6, 6.07) is 12.4. The first-order valence-electron chi connectivity index (χ1n) is 7.49. The van der Waals surface area contributed by atoms with Gasteiger partial charge in [-0.2, -0.15) is 5.26 Å². The average Bonchev–Trinajstić information content (AvgIpc) is 2.65. The molecule has 2 aromatic carbocycles. The summed E-state index contributed by atoms with van der Waals surface area (Å²) in [5.41, 5.74) is 3.01. The molecule has 3 rings (SSSR count). The van der Waals surface area contributed by atoms with Gasteiger partial charge in [0.15, 0.2) is 0 Å². The second-order valence-electron chi connectivity index (χ2n) is 5.47. The van der Waals surface area contributed by atoms with Crippen molar-refractivity contribution in [2.24, 2.45) is 0 Å². The highest BCUT2D eigenvalue weighted by molar-refractivity contribution is 6.49. The molecule has 136 valence electrons. The van der Waals surface area contributed by atoms with Crippen molar-refractivity contribution < 1.29 is 0 Å². The van der Waals surface area contributed by atoms with Gasteiger partial charge in [-0.3, -0.25) is 4.98 Å². The van der Waals surface area contributed by atoms with E-state index in [-0.39, 0.29) is 16.5 Å². The number of rotatable bonds is 3. The zero-order chi connectivity index (χ0) is 19.7. The summed E-state index contributed by atoms with van der Waals surface area (Å²) in [6.07, 6.45) is 0.0681. The predicted octanol–water partition coefficient (Wildman–Crippen LogP) is 8.40. The Labute approximate surface area is 186 Å². The van der Waals surface area contributed by atoms with E-state index in [2.05, 4.69) is 11.1 Å². The largest absolute Gasteiger partial charge is 0.251 e. The van der Waals surface area contributed by atoms with Gasteiger partial charge in [-0.15, -0.1) is 0 Å². The first-order chi connectivity index (χ1) is 12.8. The molecular formula is C19H8Cl6N2. The smallest absolute Gasteiger partial charge is 0.0785 e. The van der Waals surface area contributed by atoms with Gasteiger partial charge < -0.3 is 0 Å². The Morgan fingerprint density at radius 3 is 1.78 bits per heavy atom. The summed E-state index contributed by atoms with van der Waals surface area (Å²) in [5.74, 6) is 0. The van der Waals surface area contributed by atoms with Crippen molar-refractivity contribution in [2.75, 3.05) is 0 Å². The lowest BCUT2D eigenvalue weighted by Crippen LogP contribution is -1.97. The van der Waals surface area contributed by atoms with Crippen LogP contribution in [0, 0.1) is 11.3 Å². The molecule has 2 nitrogen and oxygen atoms in total. The fraction of sp³-hybridized carbons (Fsp3) is 0.0526. The number of aromatic nitrogens is 1. The van der Waals surface area contributed by atoms with Crippen molar-refractivity contribution in [3.63, 3.8) is 0 Å². The van der Waals surface area contributed by atoms with E-state index in [9.17, 15) is 5.26 Å². The SMILES string of the molecule is N#CCc1nc(-c2ccc(Cl)c(Cl)c2Cl)ccc1-c1ccc(Cl)c(Cl)c1Cl. The number of nitriles is 1. The summed E-state index contributed by atoms with van der Waals surface area (Å²) >= 11 is 36.9. The fourth-order valence-corrected chi connectivity index (χ4v) is 3.83. The molecule has 0 saturated heterocycles. The average molecular weight is 477 g/mol. The molecule has 0 amide bonds. The van der Waals surface area contributed by atoms with Gasteiger partial charge in [0.2, 0.25) is 0 Å². The van der Waals surface area contributed by atoms with Crippen LogP contribution in [0.5, 0.6) is 0 Å². The molecule has 0 fully saturated rings. The zero-order valence-corrected chi connectivity index (χ0v) is 17.9. The maximum atomic E-state index is 9.22. The molecule has 8 heteroatoms. The van der Waals surface area contributed by atoms with E-state index in [1.165, 1.54) is 0 Å². The van der Waals surface area contributed by atoms with Gasteiger partial charge in [-0.25, -0.2) is 0 Å². The molecule has 1 heterocycles. The Hall–Kier alpha value is -1.18. The molecule has 0 aliphatic rings. The molecular weight excluding hydrogens is 469 g/mol. The van der Waals surface area contributed by atoms with Crippen LogP contribution in [0.25, 0.3) is 22.4 Å². The third-order valence-corrected chi connectivity index (χ3v) is 6.44. The van der Waals surface area contributed by atoms with Crippen LogP contribution in [0.15, 0.2) is 36.4 Å². The third kappa shape index (κ3) is 4.00. The lowest BCUT2D eigenvalue weighted by atomic mass is 10.0. The van der Waals surface area contributed by atoms with Gasteiger partial charge in [-0.05, 0) is 24.3 Å². The first kappa shape index (κ1) is 20.6. The Bertz CT molecular complexity index is 1090. The number of halogens is 6. The van der Waals surface area contributed by atoms with Crippen molar-refractivity contribution in [2.45, 2.75) is 6.42 Å². The fourth-order valence-electron chi connectivity index (χ4n) is 2.56. The van der Waals surface area contributed by atoms with Crippen LogP contribution in [0.1, 0.15) is 5.69 Å². The van der Waals surface area contributed by atoms with Crippen LogP contribution in [0.4, 0.5) is 0 Å². The minimum absolute atomic E-state index is 0.0681. The van der Waals surface area contributed by atoms with Gasteiger partial charge in [-0.1, -0.05) is 81.7 Å². The lowest BCUT2D eigenvalue weighted by Gasteiger charge is -2.13. The second-order valence-corrected chi connectivity index (χ2v) is 7.80. The highest BCUT2D eigenvalue weighted by atomic mass is 35.5. The number of hydrogen-bond donors (Lipinski definition) is 0. The topological polar surface area (TPSA) is 36.7 Å². The van der Waals surface area contributed by atoms with E-state index < -0.39 is 0 Å². The summed E-state index contributed by atoms with van der Waals surface area (Å²) in [4.78, 5) is 4.59.